The molecule has 0 N–H and O–H groups in total. The minimum atomic E-state index is -0.807. The summed E-state index contributed by atoms with van der Waals surface area (Å²) in [5.41, 5.74) is 1.57. The second-order valence-corrected chi connectivity index (χ2v) is 9.78. The first-order chi connectivity index (χ1) is 18.6. The molecule has 206 valence electrons. The van der Waals surface area contributed by atoms with E-state index >= 15 is 0 Å². The van der Waals surface area contributed by atoms with Crippen LogP contribution in [0.15, 0.2) is 42.6 Å². The van der Waals surface area contributed by atoms with Gasteiger partial charge < -0.3 is 19.3 Å². The number of benzene rings is 2. The molecule has 2 amide bonds. The zero-order valence-corrected chi connectivity index (χ0v) is 22.5. The summed E-state index contributed by atoms with van der Waals surface area (Å²) in [4.78, 5) is 54.7. The molecule has 0 atom stereocenters. The molecule has 10 heteroatoms. The Morgan fingerprint density at radius 2 is 1.69 bits per heavy atom. The number of amides is 2. The van der Waals surface area contributed by atoms with Gasteiger partial charge in [-0.1, -0.05) is 12.1 Å². The number of ketones is 1. The molecule has 0 unspecified atom stereocenters. The highest BCUT2D eigenvalue weighted by molar-refractivity contribution is 6.45. The summed E-state index contributed by atoms with van der Waals surface area (Å²) in [5.74, 6) is -1.50. The van der Waals surface area contributed by atoms with Crippen LogP contribution in [0.4, 0.5) is 9.18 Å². The Morgan fingerprint density at radius 3 is 2.28 bits per heavy atom. The van der Waals surface area contributed by atoms with E-state index in [1.165, 1.54) is 51.7 Å². The molecule has 4 rings (SSSR count). The lowest BCUT2D eigenvalue weighted by molar-refractivity contribution is -0.124. The average Bonchev–Trinajstić information content (AvgIpc) is 3.31. The molecule has 0 spiro atoms. The zero-order chi connectivity index (χ0) is 28.3. The molecule has 1 aliphatic heterocycles. The normalized spacial score (nSPS) is 13.8. The van der Waals surface area contributed by atoms with Crippen molar-refractivity contribution in [2.24, 2.45) is 5.92 Å². The summed E-state index contributed by atoms with van der Waals surface area (Å²) in [5, 5.41) is 0.276. The van der Waals surface area contributed by atoms with Crippen molar-refractivity contribution in [2.45, 2.75) is 26.2 Å². The van der Waals surface area contributed by atoms with E-state index in [4.69, 9.17) is 9.47 Å². The Bertz CT molecular complexity index is 1400. The third-order valence-electron chi connectivity index (χ3n) is 7.01. The first-order valence-corrected chi connectivity index (χ1v) is 12.8. The van der Waals surface area contributed by atoms with Crippen molar-refractivity contribution < 1.29 is 33.0 Å². The lowest BCUT2D eigenvalue weighted by atomic mass is 9.90. The average molecular weight is 538 g/mol. The van der Waals surface area contributed by atoms with Gasteiger partial charge >= 0.3 is 6.09 Å². The number of Topliss-reactive ketones (excluding diaryl/α,β-unsaturated/α-hetero) is 1. The number of aromatic nitrogens is 1. The van der Waals surface area contributed by atoms with E-state index in [0.717, 1.165) is 34.3 Å². The molecule has 0 bridgehead atoms. The highest BCUT2D eigenvalue weighted by atomic mass is 19.1. The van der Waals surface area contributed by atoms with Gasteiger partial charge in [0.2, 0.25) is 0 Å². The Hall–Kier alpha value is -4.21. The van der Waals surface area contributed by atoms with E-state index in [2.05, 4.69) is 0 Å². The van der Waals surface area contributed by atoms with E-state index in [-0.39, 0.29) is 46.1 Å². The van der Waals surface area contributed by atoms with Crippen LogP contribution in [0, 0.1) is 11.7 Å². The number of ether oxygens (including phenoxy) is 2. The van der Waals surface area contributed by atoms with Crippen molar-refractivity contribution in [3.05, 3.63) is 65.1 Å². The molecule has 0 saturated carbocycles. The van der Waals surface area contributed by atoms with Crippen molar-refractivity contribution in [3.8, 4) is 5.75 Å². The van der Waals surface area contributed by atoms with Gasteiger partial charge in [0.15, 0.2) is 0 Å². The first kappa shape index (κ1) is 27.8. The number of hydrogen-bond acceptors (Lipinski definition) is 6. The molecule has 2 aromatic carbocycles. The van der Waals surface area contributed by atoms with Crippen LogP contribution < -0.4 is 4.74 Å². The maximum absolute atomic E-state index is 13.6. The van der Waals surface area contributed by atoms with E-state index < -0.39 is 17.8 Å². The number of likely N-dealkylation sites (N-methyl/N-ethyl adjacent to an activating group) is 1. The van der Waals surface area contributed by atoms with E-state index in [1.807, 2.05) is 0 Å². The Kier molecular flexibility index (Phi) is 8.32. The van der Waals surface area contributed by atoms with Crippen LogP contribution >= 0.6 is 0 Å². The molecule has 1 fully saturated rings. The Balaban J connectivity index is 1.64. The van der Waals surface area contributed by atoms with Gasteiger partial charge in [0.25, 0.3) is 17.6 Å². The smallest absolute Gasteiger partial charge is 0.418 e. The number of halogens is 1. The summed E-state index contributed by atoms with van der Waals surface area (Å²) < 4.78 is 25.0. The predicted octanol–water partition coefficient (Wildman–Crippen LogP) is 4.16. The SMILES string of the molecule is CCOC(=O)n1cc(C(=O)C(=O)N(C)C)c2cc(C(=O)N3CCC(Cc4ccc(F)cc4)CC3)c(OC)cc21. The van der Waals surface area contributed by atoms with Gasteiger partial charge in [-0.05, 0) is 55.9 Å². The van der Waals surface area contributed by atoms with Crippen LogP contribution in [-0.2, 0) is 16.0 Å². The molecule has 39 heavy (non-hydrogen) atoms. The third-order valence-corrected chi connectivity index (χ3v) is 7.01. The van der Waals surface area contributed by atoms with Crippen LogP contribution in [0.2, 0.25) is 0 Å². The van der Waals surface area contributed by atoms with Crippen LogP contribution in [0.25, 0.3) is 10.9 Å². The number of likely N-dealkylation sites (tertiary alicyclic amines) is 1. The second kappa shape index (κ2) is 11.7. The van der Waals surface area contributed by atoms with Gasteiger partial charge in [0, 0.05) is 44.8 Å². The van der Waals surface area contributed by atoms with Gasteiger partial charge in [-0.15, -0.1) is 0 Å². The number of fused-ring (bicyclic) bond motifs is 1. The number of methoxy groups -OCH3 is 1. The molecular formula is C29H32FN3O6. The first-order valence-electron chi connectivity index (χ1n) is 12.8. The minimum Gasteiger partial charge on any atom is -0.496 e. The number of nitrogens with zero attached hydrogens (tertiary/aromatic N) is 3. The maximum Gasteiger partial charge on any atom is 0.418 e. The maximum atomic E-state index is 13.6. The summed E-state index contributed by atoms with van der Waals surface area (Å²) in [6, 6.07) is 9.50. The van der Waals surface area contributed by atoms with Gasteiger partial charge in [0.1, 0.15) is 11.6 Å². The predicted molar refractivity (Wildman–Crippen MR) is 143 cm³/mol. The summed E-state index contributed by atoms with van der Waals surface area (Å²) in [6.45, 7) is 2.83. The number of piperidine rings is 1. The van der Waals surface area contributed by atoms with Crippen LogP contribution in [0.3, 0.4) is 0 Å². The Labute approximate surface area is 226 Å². The summed E-state index contributed by atoms with van der Waals surface area (Å²) in [7, 11) is 4.34. The van der Waals surface area contributed by atoms with E-state index in [1.54, 1.807) is 24.0 Å². The lowest BCUT2D eigenvalue weighted by Gasteiger charge is -2.32. The van der Waals surface area contributed by atoms with Crippen LogP contribution in [0.1, 0.15) is 46.0 Å². The fourth-order valence-electron chi connectivity index (χ4n) is 4.90. The van der Waals surface area contributed by atoms with Crippen molar-refractivity contribution in [1.29, 1.82) is 0 Å². The third kappa shape index (κ3) is 5.79. The highest BCUT2D eigenvalue weighted by Crippen LogP contribution is 2.32. The quantitative estimate of drug-likeness (QED) is 0.332. The molecule has 1 aromatic heterocycles. The Morgan fingerprint density at radius 1 is 1.03 bits per heavy atom. The number of carbonyl (C=O) groups excluding carboxylic acids is 4. The molecule has 9 nitrogen and oxygen atoms in total. The van der Waals surface area contributed by atoms with Crippen LogP contribution in [0.5, 0.6) is 5.75 Å². The summed E-state index contributed by atoms with van der Waals surface area (Å²) >= 11 is 0. The van der Waals surface area contributed by atoms with Gasteiger partial charge in [-0.2, -0.15) is 0 Å². The van der Waals surface area contributed by atoms with Crippen molar-refractivity contribution in [2.75, 3.05) is 40.9 Å². The standard InChI is InChI=1S/C29H32FN3O6/c1-5-39-29(37)33-17-23(26(34)28(36)31(2)3)21-15-22(25(38-4)16-24(21)33)27(35)32-12-10-19(11-13-32)14-18-6-8-20(30)9-7-18/h6-9,15-17,19H,5,10-14H2,1-4H3. The van der Waals surface area contributed by atoms with Gasteiger partial charge in [-0.25, -0.2) is 9.18 Å². The number of rotatable bonds is 7. The fourth-order valence-corrected chi connectivity index (χ4v) is 4.90. The molecule has 0 radical (unpaired) electrons. The lowest BCUT2D eigenvalue weighted by Crippen LogP contribution is -2.39. The molecule has 1 saturated heterocycles. The molecule has 0 aliphatic carbocycles. The fraction of sp³-hybridized carbons (Fsp3) is 0.379. The van der Waals surface area contributed by atoms with Crippen molar-refractivity contribution in [1.82, 2.24) is 14.4 Å². The zero-order valence-electron chi connectivity index (χ0n) is 22.5. The monoisotopic (exact) mass is 537 g/mol. The molecule has 3 aromatic rings. The van der Waals surface area contributed by atoms with E-state index in [9.17, 15) is 23.6 Å². The van der Waals surface area contributed by atoms with Crippen LogP contribution in [-0.4, -0.2) is 79.0 Å². The largest absolute Gasteiger partial charge is 0.496 e. The molecule has 2 heterocycles. The number of carbonyl (C=O) groups is 4. The second-order valence-electron chi connectivity index (χ2n) is 9.78. The minimum absolute atomic E-state index is 0.00791. The van der Waals surface area contributed by atoms with E-state index in [0.29, 0.717) is 19.0 Å². The van der Waals surface area contributed by atoms with Gasteiger partial charge in [0.05, 0.1) is 30.4 Å². The molecule has 1 aliphatic rings. The molecular weight excluding hydrogens is 505 g/mol. The van der Waals surface area contributed by atoms with Gasteiger partial charge in [-0.3, -0.25) is 19.0 Å². The topological polar surface area (TPSA) is 98.2 Å². The van der Waals surface area contributed by atoms with Crippen molar-refractivity contribution in [3.63, 3.8) is 0 Å². The number of hydrogen-bond donors (Lipinski definition) is 0. The van der Waals surface area contributed by atoms with Crippen molar-refractivity contribution >= 4 is 34.6 Å². The summed E-state index contributed by atoms with van der Waals surface area (Å²) in [6.07, 6.45) is 2.93. The highest BCUT2D eigenvalue weighted by Gasteiger charge is 2.30.